The minimum Gasteiger partial charge on any atom is -0.261 e. The molecule has 1 heterocycles. The number of aryl methyl sites for hydroxylation is 3. The highest BCUT2D eigenvalue weighted by Crippen LogP contribution is 2.25. The average Bonchev–Trinajstić information content (AvgIpc) is 2.20. The Morgan fingerprint density at radius 3 is 2.47 bits per heavy atom. The van der Waals surface area contributed by atoms with Crippen LogP contribution in [0.5, 0.6) is 0 Å². The molecule has 0 aliphatic rings. The molecular weight excluding hydrogens is 182 g/mol. The van der Waals surface area contributed by atoms with Crippen molar-refractivity contribution in [1.82, 2.24) is 4.98 Å². The van der Waals surface area contributed by atoms with Gasteiger partial charge in [-0.2, -0.15) is 0 Å². The van der Waals surface area contributed by atoms with Crippen molar-refractivity contribution in [2.45, 2.75) is 20.8 Å². The van der Waals surface area contributed by atoms with Gasteiger partial charge in [0.15, 0.2) is 0 Å². The molecule has 1 nitrogen and oxygen atoms in total. The number of benzene rings is 1. The predicted octanol–water partition coefficient (Wildman–Crippen LogP) is 3.47. The zero-order valence-corrected chi connectivity index (χ0v) is 9.33. The topological polar surface area (TPSA) is 12.9 Å². The molecule has 0 saturated carbocycles. The normalized spacial score (nSPS) is 10.3. The van der Waals surface area contributed by atoms with Crippen molar-refractivity contribution < 1.29 is 0 Å². The SMILES string of the molecule is Cc1ccc(-c2c(C)[c]ccc2C)cn1. The van der Waals surface area contributed by atoms with Crippen LogP contribution in [0.4, 0.5) is 0 Å². The van der Waals surface area contributed by atoms with E-state index in [9.17, 15) is 0 Å². The van der Waals surface area contributed by atoms with Gasteiger partial charge in [-0.15, -0.1) is 0 Å². The molecule has 1 aromatic heterocycles. The van der Waals surface area contributed by atoms with E-state index in [1.807, 2.05) is 25.3 Å². The molecule has 75 valence electrons. The van der Waals surface area contributed by atoms with Crippen LogP contribution in [0.25, 0.3) is 11.1 Å². The second-order valence-corrected chi connectivity index (χ2v) is 3.85. The summed E-state index contributed by atoms with van der Waals surface area (Å²) < 4.78 is 0. The quantitative estimate of drug-likeness (QED) is 0.680. The molecule has 0 aliphatic heterocycles. The molecule has 0 spiro atoms. The largest absolute Gasteiger partial charge is 0.261 e. The predicted molar refractivity (Wildman–Crippen MR) is 62.7 cm³/mol. The molecular formula is C14H14N. The van der Waals surface area contributed by atoms with Crippen LogP contribution >= 0.6 is 0 Å². The summed E-state index contributed by atoms with van der Waals surface area (Å²) in [7, 11) is 0. The van der Waals surface area contributed by atoms with E-state index in [1.165, 1.54) is 22.3 Å². The first-order valence-corrected chi connectivity index (χ1v) is 5.09. The fourth-order valence-corrected chi connectivity index (χ4v) is 1.80. The number of pyridine rings is 1. The van der Waals surface area contributed by atoms with Crippen molar-refractivity contribution >= 4 is 0 Å². The Morgan fingerprint density at radius 1 is 1.07 bits per heavy atom. The lowest BCUT2D eigenvalue weighted by Gasteiger charge is -2.09. The fourth-order valence-electron chi connectivity index (χ4n) is 1.80. The van der Waals surface area contributed by atoms with Crippen molar-refractivity contribution in [2.24, 2.45) is 0 Å². The van der Waals surface area contributed by atoms with Gasteiger partial charge in [-0.3, -0.25) is 4.98 Å². The molecule has 2 aromatic rings. The van der Waals surface area contributed by atoms with Crippen molar-refractivity contribution in [1.29, 1.82) is 0 Å². The summed E-state index contributed by atoms with van der Waals surface area (Å²) in [6.45, 7) is 6.21. The Balaban J connectivity index is 2.58. The summed E-state index contributed by atoms with van der Waals surface area (Å²) in [4.78, 5) is 4.32. The van der Waals surface area contributed by atoms with Crippen LogP contribution in [0.2, 0.25) is 0 Å². The first kappa shape index (κ1) is 9.91. The van der Waals surface area contributed by atoms with E-state index in [4.69, 9.17) is 0 Å². The average molecular weight is 196 g/mol. The second kappa shape index (κ2) is 3.85. The van der Waals surface area contributed by atoms with Gasteiger partial charge in [-0.1, -0.05) is 18.2 Å². The maximum absolute atomic E-state index is 4.32. The summed E-state index contributed by atoms with van der Waals surface area (Å²) in [6.07, 6.45) is 1.93. The Morgan fingerprint density at radius 2 is 1.87 bits per heavy atom. The van der Waals surface area contributed by atoms with E-state index in [-0.39, 0.29) is 0 Å². The van der Waals surface area contributed by atoms with Crippen molar-refractivity contribution in [3.05, 3.63) is 53.3 Å². The van der Waals surface area contributed by atoms with Crippen molar-refractivity contribution in [3.63, 3.8) is 0 Å². The van der Waals surface area contributed by atoms with Gasteiger partial charge >= 0.3 is 0 Å². The van der Waals surface area contributed by atoms with Gasteiger partial charge in [-0.05, 0) is 49.6 Å². The number of aromatic nitrogens is 1. The van der Waals surface area contributed by atoms with Crippen LogP contribution in [-0.4, -0.2) is 4.98 Å². The molecule has 15 heavy (non-hydrogen) atoms. The fraction of sp³-hybridized carbons (Fsp3) is 0.214. The highest BCUT2D eigenvalue weighted by Gasteiger charge is 2.04. The lowest BCUT2D eigenvalue weighted by molar-refractivity contribution is 1.20. The van der Waals surface area contributed by atoms with Gasteiger partial charge in [0.2, 0.25) is 0 Å². The van der Waals surface area contributed by atoms with Gasteiger partial charge in [0.25, 0.3) is 0 Å². The summed E-state index contributed by atoms with van der Waals surface area (Å²) in [5.41, 5.74) is 5.93. The Labute approximate surface area is 90.8 Å². The van der Waals surface area contributed by atoms with Crippen LogP contribution in [0.3, 0.4) is 0 Å². The number of nitrogens with zero attached hydrogens (tertiary/aromatic N) is 1. The summed E-state index contributed by atoms with van der Waals surface area (Å²) in [5, 5.41) is 0. The molecule has 0 atom stereocenters. The molecule has 0 amide bonds. The highest BCUT2D eigenvalue weighted by molar-refractivity contribution is 5.69. The molecule has 0 aliphatic carbocycles. The van der Waals surface area contributed by atoms with Crippen molar-refractivity contribution in [3.8, 4) is 11.1 Å². The van der Waals surface area contributed by atoms with Gasteiger partial charge in [-0.25, -0.2) is 0 Å². The maximum atomic E-state index is 4.32. The molecule has 0 fully saturated rings. The third-order valence-corrected chi connectivity index (χ3v) is 2.60. The minimum absolute atomic E-state index is 1.05. The zero-order valence-electron chi connectivity index (χ0n) is 9.33. The Bertz CT molecular complexity index is 449. The molecule has 0 N–H and O–H groups in total. The number of hydrogen-bond acceptors (Lipinski definition) is 1. The molecule has 2 rings (SSSR count). The highest BCUT2D eigenvalue weighted by atomic mass is 14.7. The molecule has 1 aromatic carbocycles. The third-order valence-electron chi connectivity index (χ3n) is 2.60. The smallest absolute Gasteiger partial charge is 0.0373 e. The van der Waals surface area contributed by atoms with E-state index >= 15 is 0 Å². The monoisotopic (exact) mass is 196 g/mol. The second-order valence-electron chi connectivity index (χ2n) is 3.85. The molecule has 0 saturated heterocycles. The van der Waals surface area contributed by atoms with Crippen LogP contribution in [0.15, 0.2) is 30.5 Å². The summed E-state index contributed by atoms with van der Waals surface area (Å²) in [5.74, 6) is 0. The standard InChI is InChI=1S/C14H14N/c1-10-5-4-6-11(2)14(10)13-8-7-12(3)15-9-13/h4-5,7-9H,1-3H3. The number of rotatable bonds is 1. The van der Waals surface area contributed by atoms with Crippen LogP contribution in [0, 0.1) is 26.8 Å². The molecule has 0 unspecified atom stereocenters. The summed E-state index contributed by atoms with van der Waals surface area (Å²) in [6, 6.07) is 11.4. The van der Waals surface area contributed by atoms with Gasteiger partial charge in [0.1, 0.15) is 0 Å². The van der Waals surface area contributed by atoms with E-state index in [1.54, 1.807) is 0 Å². The van der Waals surface area contributed by atoms with Crippen molar-refractivity contribution in [2.75, 3.05) is 0 Å². The first-order chi connectivity index (χ1) is 7.18. The first-order valence-electron chi connectivity index (χ1n) is 5.09. The van der Waals surface area contributed by atoms with E-state index < -0.39 is 0 Å². The van der Waals surface area contributed by atoms with E-state index in [0.717, 1.165) is 5.69 Å². The lowest BCUT2D eigenvalue weighted by Crippen LogP contribution is -1.89. The molecule has 1 radical (unpaired) electrons. The van der Waals surface area contributed by atoms with Gasteiger partial charge < -0.3 is 0 Å². The third kappa shape index (κ3) is 1.91. The Hall–Kier alpha value is -1.63. The Kier molecular flexibility index (Phi) is 2.55. The van der Waals surface area contributed by atoms with Crippen LogP contribution < -0.4 is 0 Å². The van der Waals surface area contributed by atoms with Gasteiger partial charge in [0, 0.05) is 17.5 Å². The van der Waals surface area contributed by atoms with E-state index in [0.29, 0.717) is 0 Å². The van der Waals surface area contributed by atoms with Gasteiger partial charge in [0.05, 0.1) is 0 Å². The maximum Gasteiger partial charge on any atom is 0.0373 e. The molecule has 0 bridgehead atoms. The van der Waals surface area contributed by atoms with Crippen LogP contribution in [0.1, 0.15) is 16.8 Å². The summed E-state index contributed by atoms with van der Waals surface area (Å²) >= 11 is 0. The minimum atomic E-state index is 1.05. The number of hydrogen-bond donors (Lipinski definition) is 0. The van der Waals surface area contributed by atoms with Crippen LogP contribution in [-0.2, 0) is 0 Å². The van der Waals surface area contributed by atoms with E-state index in [2.05, 4.69) is 37.0 Å². The zero-order chi connectivity index (χ0) is 10.8. The lowest BCUT2D eigenvalue weighted by atomic mass is 9.97. The molecule has 1 heteroatoms.